The van der Waals surface area contributed by atoms with Crippen molar-refractivity contribution in [1.29, 1.82) is 0 Å². The van der Waals surface area contributed by atoms with Gasteiger partial charge in [-0.05, 0) is 46.5 Å². The van der Waals surface area contributed by atoms with Gasteiger partial charge in [-0.15, -0.1) is 0 Å². The van der Waals surface area contributed by atoms with Gasteiger partial charge in [-0.1, -0.05) is 0 Å². The average molecular weight is 244 g/mol. The first kappa shape index (κ1) is 13.2. The number of hydrogen-bond donors (Lipinski definition) is 0. The molecule has 0 fully saturated rings. The fraction of sp³-hybridized carbons (Fsp3) is 0.636. The van der Waals surface area contributed by atoms with Gasteiger partial charge in [0.15, 0.2) is 0 Å². The maximum atomic E-state index is 5.75. The van der Waals surface area contributed by atoms with Gasteiger partial charge in [0.05, 0.1) is 0 Å². The second kappa shape index (κ2) is 4.97. The number of nitrogens with zero attached hydrogens (tertiary/aromatic N) is 3. The molecule has 0 aliphatic rings. The monoisotopic (exact) mass is 243 g/mol. The van der Waals surface area contributed by atoms with E-state index < -0.39 is 0 Å². The van der Waals surface area contributed by atoms with Crippen molar-refractivity contribution in [3.05, 3.63) is 17.0 Å². The number of halogens is 1. The predicted molar refractivity (Wildman–Crippen MR) is 65.0 cm³/mol. The van der Waals surface area contributed by atoms with Gasteiger partial charge >= 0.3 is 0 Å². The predicted octanol–water partition coefficient (Wildman–Crippen LogP) is 2.16. The summed E-state index contributed by atoms with van der Waals surface area (Å²) in [4.78, 5) is 10.1. The molecule has 0 amide bonds. The van der Waals surface area contributed by atoms with Crippen LogP contribution in [0.25, 0.3) is 0 Å². The van der Waals surface area contributed by atoms with Crippen LogP contribution in [0.4, 0.5) is 0 Å². The third-order valence-electron chi connectivity index (χ3n) is 2.59. The zero-order valence-corrected chi connectivity index (χ0v) is 11.2. The standard InChI is InChI=1S/C11H18ClN3O/c1-8-6-9(14-10(12)13-8)16-7-11(2,3)15(4)5/h6H,7H2,1-5H3. The molecule has 0 aliphatic heterocycles. The Kier molecular flexibility index (Phi) is 4.10. The number of ether oxygens (including phenoxy) is 1. The van der Waals surface area contributed by atoms with Crippen molar-refractivity contribution < 1.29 is 4.74 Å². The van der Waals surface area contributed by atoms with Crippen LogP contribution >= 0.6 is 11.6 Å². The highest BCUT2D eigenvalue weighted by Gasteiger charge is 2.21. The normalized spacial score (nSPS) is 11.9. The van der Waals surface area contributed by atoms with Gasteiger partial charge in [-0.2, -0.15) is 4.98 Å². The molecule has 0 aromatic carbocycles. The number of rotatable bonds is 4. The largest absolute Gasteiger partial charge is 0.476 e. The first-order valence-electron chi connectivity index (χ1n) is 5.13. The van der Waals surface area contributed by atoms with Gasteiger partial charge in [-0.25, -0.2) is 4.98 Å². The van der Waals surface area contributed by atoms with E-state index in [4.69, 9.17) is 16.3 Å². The lowest BCUT2D eigenvalue weighted by Crippen LogP contribution is -2.43. The second-order valence-electron chi connectivity index (χ2n) is 4.61. The SMILES string of the molecule is Cc1cc(OCC(C)(C)N(C)C)nc(Cl)n1. The van der Waals surface area contributed by atoms with Crippen LogP contribution in [0.2, 0.25) is 5.28 Å². The summed E-state index contributed by atoms with van der Waals surface area (Å²) in [6, 6.07) is 1.78. The first-order valence-corrected chi connectivity index (χ1v) is 5.50. The Morgan fingerprint density at radius 2 is 2.00 bits per heavy atom. The Balaban J connectivity index is 2.68. The lowest BCUT2D eigenvalue weighted by molar-refractivity contribution is 0.111. The van der Waals surface area contributed by atoms with Gasteiger partial charge < -0.3 is 9.64 Å². The summed E-state index contributed by atoms with van der Waals surface area (Å²) in [5.41, 5.74) is 0.753. The molecule has 16 heavy (non-hydrogen) atoms. The molecule has 0 aliphatic carbocycles. The zero-order valence-electron chi connectivity index (χ0n) is 10.4. The Morgan fingerprint density at radius 3 is 2.50 bits per heavy atom. The fourth-order valence-corrected chi connectivity index (χ4v) is 1.17. The number of aromatic nitrogens is 2. The highest BCUT2D eigenvalue weighted by Crippen LogP contribution is 2.16. The zero-order chi connectivity index (χ0) is 12.3. The summed E-state index contributed by atoms with van der Waals surface area (Å²) in [5.74, 6) is 0.521. The molecule has 0 saturated heterocycles. The second-order valence-corrected chi connectivity index (χ2v) is 4.95. The summed E-state index contributed by atoms with van der Waals surface area (Å²) in [5, 5.41) is 0.220. The maximum absolute atomic E-state index is 5.75. The molecule has 0 spiro atoms. The van der Waals surface area contributed by atoms with E-state index in [9.17, 15) is 0 Å². The van der Waals surface area contributed by atoms with Crippen molar-refractivity contribution in [2.24, 2.45) is 0 Å². The lowest BCUT2D eigenvalue weighted by Gasteiger charge is -2.31. The number of aryl methyl sites for hydroxylation is 1. The Bertz CT molecular complexity index is 346. The molecule has 1 aromatic heterocycles. The van der Waals surface area contributed by atoms with Crippen LogP contribution in [0, 0.1) is 6.92 Å². The number of likely N-dealkylation sites (N-methyl/N-ethyl adjacent to an activating group) is 1. The van der Waals surface area contributed by atoms with Crippen molar-refractivity contribution in [1.82, 2.24) is 14.9 Å². The van der Waals surface area contributed by atoms with Gasteiger partial charge in [-0.3, -0.25) is 0 Å². The minimum absolute atomic E-state index is 0.0503. The molecule has 1 rings (SSSR count). The average Bonchev–Trinajstić information content (AvgIpc) is 2.13. The van der Waals surface area contributed by atoms with E-state index in [0.717, 1.165) is 5.69 Å². The quantitative estimate of drug-likeness (QED) is 0.760. The molecule has 5 heteroatoms. The minimum atomic E-state index is -0.0503. The third kappa shape index (κ3) is 3.61. The van der Waals surface area contributed by atoms with Gasteiger partial charge in [0, 0.05) is 17.3 Å². The van der Waals surface area contributed by atoms with Crippen LogP contribution in [0.3, 0.4) is 0 Å². The van der Waals surface area contributed by atoms with E-state index >= 15 is 0 Å². The summed E-state index contributed by atoms with van der Waals surface area (Å²) in [6.45, 7) is 6.61. The van der Waals surface area contributed by atoms with Gasteiger partial charge in [0.1, 0.15) is 6.61 Å². The van der Waals surface area contributed by atoms with E-state index in [2.05, 4.69) is 28.7 Å². The van der Waals surface area contributed by atoms with Crippen molar-refractivity contribution >= 4 is 11.6 Å². The minimum Gasteiger partial charge on any atom is -0.476 e. The number of hydrogen-bond acceptors (Lipinski definition) is 4. The van der Waals surface area contributed by atoms with Crippen LogP contribution in [0.5, 0.6) is 5.88 Å². The highest BCUT2D eigenvalue weighted by molar-refractivity contribution is 6.28. The molecule has 0 atom stereocenters. The molecular formula is C11H18ClN3O. The Morgan fingerprint density at radius 1 is 1.38 bits per heavy atom. The van der Waals surface area contributed by atoms with Crippen molar-refractivity contribution in [3.8, 4) is 5.88 Å². The van der Waals surface area contributed by atoms with Crippen LogP contribution in [-0.4, -0.2) is 41.1 Å². The molecule has 4 nitrogen and oxygen atoms in total. The van der Waals surface area contributed by atoms with Crippen LogP contribution < -0.4 is 4.74 Å². The molecular weight excluding hydrogens is 226 g/mol. The van der Waals surface area contributed by atoms with E-state index in [1.165, 1.54) is 0 Å². The molecule has 1 aromatic rings. The summed E-state index contributed by atoms with van der Waals surface area (Å²) in [6.07, 6.45) is 0. The molecule has 0 radical (unpaired) electrons. The molecule has 1 heterocycles. The molecule has 0 saturated carbocycles. The Labute approximate surface area is 102 Å². The smallest absolute Gasteiger partial charge is 0.225 e. The summed E-state index contributed by atoms with van der Waals surface area (Å²) >= 11 is 5.75. The molecule has 0 unspecified atom stereocenters. The summed E-state index contributed by atoms with van der Waals surface area (Å²) < 4.78 is 5.62. The van der Waals surface area contributed by atoms with Crippen molar-refractivity contribution in [3.63, 3.8) is 0 Å². The highest BCUT2D eigenvalue weighted by atomic mass is 35.5. The lowest BCUT2D eigenvalue weighted by atomic mass is 10.1. The molecule has 0 N–H and O–H groups in total. The molecule has 0 bridgehead atoms. The fourth-order valence-electron chi connectivity index (χ4n) is 0.958. The molecule has 90 valence electrons. The van der Waals surface area contributed by atoms with Crippen LogP contribution in [0.15, 0.2) is 6.07 Å². The van der Waals surface area contributed by atoms with Crippen molar-refractivity contribution in [2.75, 3.05) is 20.7 Å². The van der Waals surface area contributed by atoms with Crippen LogP contribution in [0.1, 0.15) is 19.5 Å². The topological polar surface area (TPSA) is 38.2 Å². The Hall–Kier alpha value is -0.870. The summed E-state index contributed by atoms with van der Waals surface area (Å²) in [7, 11) is 4.03. The van der Waals surface area contributed by atoms with Gasteiger partial charge in [0.2, 0.25) is 11.2 Å². The van der Waals surface area contributed by atoms with Crippen LogP contribution in [-0.2, 0) is 0 Å². The van der Waals surface area contributed by atoms with Crippen molar-refractivity contribution in [2.45, 2.75) is 26.3 Å². The van der Waals surface area contributed by atoms with Gasteiger partial charge in [0.25, 0.3) is 0 Å². The van der Waals surface area contributed by atoms with E-state index in [1.54, 1.807) is 6.07 Å². The van der Waals surface area contributed by atoms with E-state index in [0.29, 0.717) is 12.5 Å². The van der Waals surface area contributed by atoms with E-state index in [-0.39, 0.29) is 10.8 Å². The van der Waals surface area contributed by atoms with E-state index in [1.807, 2.05) is 21.0 Å². The first-order chi connectivity index (χ1) is 7.31. The third-order valence-corrected chi connectivity index (χ3v) is 2.76. The maximum Gasteiger partial charge on any atom is 0.225 e.